The topological polar surface area (TPSA) is 40.9 Å². The van der Waals surface area contributed by atoms with Crippen LogP contribution in [0.15, 0.2) is 10.5 Å². The second-order valence-corrected chi connectivity index (χ2v) is 6.51. The molecule has 0 spiro atoms. The van der Waals surface area contributed by atoms with E-state index in [9.17, 15) is 4.21 Å². The van der Waals surface area contributed by atoms with Gasteiger partial charge in [-0.2, -0.15) is 0 Å². The number of hydrogen-bond donors (Lipinski definition) is 1. The Labute approximate surface area is 88.5 Å². The van der Waals surface area contributed by atoms with Gasteiger partial charge < -0.3 is 0 Å². The third kappa shape index (κ3) is 2.22. The predicted molar refractivity (Wildman–Crippen MR) is 62.0 cm³/mol. The number of allylic oxidation sites excluding steroid dienone is 2. The highest BCUT2D eigenvalue weighted by molar-refractivity contribution is 7.96. The number of nitrogens with one attached hydrogen (secondary N) is 1. The van der Waals surface area contributed by atoms with Gasteiger partial charge >= 0.3 is 0 Å². The number of rotatable bonds is 2. The van der Waals surface area contributed by atoms with Gasteiger partial charge in [-0.1, -0.05) is 32.2 Å². The molecular weight excluding hydrogens is 193 g/mol. The van der Waals surface area contributed by atoms with E-state index in [1.807, 2.05) is 20.8 Å². The van der Waals surface area contributed by atoms with Crippen LogP contribution in [0, 0.1) is 10.7 Å². The highest BCUT2D eigenvalue weighted by Crippen LogP contribution is 2.35. The molecule has 1 N–H and O–H groups in total. The Morgan fingerprint density at radius 1 is 1.43 bits per heavy atom. The van der Waals surface area contributed by atoms with Crippen molar-refractivity contribution in [1.82, 2.24) is 0 Å². The Balaban J connectivity index is 3.28. The lowest BCUT2D eigenvalue weighted by Crippen LogP contribution is -2.20. The average Bonchev–Trinajstić information content (AvgIpc) is 2.00. The zero-order chi connectivity index (χ0) is 10.9. The molecule has 0 saturated heterocycles. The summed E-state index contributed by atoms with van der Waals surface area (Å²) in [6.07, 6.45) is 1.76. The highest BCUT2D eigenvalue weighted by atomic mass is 32.2. The van der Waals surface area contributed by atoms with E-state index in [0.717, 1.165) is 23.3 Å². The van der Waals surface area contributed by atoms with Crippen molar-refractivity contribution >= 4 is 17.6 Å². The van der Waals surface area contributed by atoms with Gasteiger partial charge in [-0.05, 0) is 18.8 Å². The molecule has 2 atom stereocenters. The van der Waals surface area contributed by atoms with E-state index in [-0.39, 0.29) is 11.7 Å². The van der Waals surface area contributed by atoms with E-state index in [1.165, 1.54) is 0 Å². The molecule has 0 bridgehead atoms. The quantitative estimate of drug-likeness (QED) is 0.701. The summed E-state index contributed by atoms with van der Waals surface area (Å²) >= 11 is 0. The molecule has 2 unspecified atom stereocenters. The van der Waals surface area contributed by atoms with Crippen LogP contribution in [0.5, 0.6) is 0 Å². The van der Waals surface area contributed by atoms with Crippen LogP contribution in [-0.2, 0) is 9.73 Å². The first-order chi connectivity index (χ1) is 6.36. The average molecular weight is 211 g/mol. The smallest absolute Gasteiger partial charge is 0.0755 e. The van der Waals surface area contributed by atoms with Crippen molar-refractivity contribution in [1.29, 1.82) is 4.78 Å². The van der Waals surface area contributed by atoms with Crippen molar-refractivity contribution in [2.75, 3.05) is 5.75 Å². The first-order valence-corrected chi connectivity index (χ1v) is 6.84. The van der Waals surface area contributed by atoms with Crippen molar-refractivity contribution < 1.29 is 4.21 Å². The summed E-state index contributed by atoms with van der Waals surface area (Å²) in [5.41, 5.74) is 1.06. The fourth-order valence-electron chi connectivity index (χ4n) is 2.11. The van der Waals surface area contributed by atoms with Gasteiger partial charge in [-0.15, -0.1) is 0 Å². The molecule has 4 heteroatoms. The molecule has 2 nitrogen and oxygen atoms in total. The normalized spacial score (nSPS) is 30.9. The van der Waals surface area contributed by atoms with E-state index in [0.29, 0.717) is 5.75 Å². The van der Waals surface area contributed by atoms with Crippen molar-refractivity contribution in [3.63, 3.8) is 0 Å². The Morgan fingerprint density at radius 2 is 2.00 bits per heavy atom. The molecule has 0 fully saturated rings. The molecule has 14 heavy (non-hydrogen) atoms. The molecule has 0 aromatic rings. The molecular formula is C10H18BNOS. The summed E-state index contributed by atoms with van der Waals surface area (Å²) in [7, 11) is 3.33. The van der Waals surface area contributed by atoms with Crippen molar-refractivity contribution in [2.24, 2.45) is 5.92 Å². The van der Waals surface area contributed by atoms with Gasteiger partial charge in [0.05, 0.1) is 17.6 Å². The Bertz CT molecular complexity index is 341. The van der Waals surface area contributed by atoms with E-state index < -0.39 is 9.73 Å². The van der Waals surface area contributed by atoms with Gasteiger partial charge in [0, 0.05) is 10.7 Å². The fourth-order valence-corrected chi connectivity index (χ4v) is 4.36. The van der Waals surface area contributed by atoms with Crippen LogP contribution in [0.3, 0.4) is 0 Å². The Kier molecular flexibility index (Phi) is 3.46. The van der Waals surface area contributed by atoms with E-state index >= 15 is 0 Å². The van der Waals surface area contributed by atoms with Gasteiger partial charge in [0.25, 0.3) is 0 Å². The molecule has 78 valence electrons. The van der Waals surface area contributed by atoms with Crippen LogP contribution < -0.4 is 0 Å². The summed E-state index contributed by atoms with van der Waals surface area (Å²) in [6.45, 7) is 5.91. The van der Waals surface area contributed by atoms with Crippen molar-refractivity contribution in [3.05, 3.63) is 10.5 Å². The summed E-state index contributed by atoms with van der Waals surface area (Å²) < 4.78 is 19.9. The van der Waals surface area contributed by atoms with E-state index in [4.69, 9.17) is 12.6 Å². The fraction of sp³-hybridized carbons (Fsp3) is 0.800. The second kappa shape index (κ2) is 4.09. The molecule has 1 rings (SSSR count). The van der Waals surface area contributed by atoms with Gasteiger partial charge in [-0.3, -0.25) is 0 Å². The summed E-state index contributed by atoms with van der Waals surface area (Å²) in [6, 6.07) is 0. The molecule has 1 aliphatic rings. The molecule has 1 aliphatic heterocycles. The molecule has 0 saturated carbocycles. The molecule has 0 aromatic carbocycles. The van der Waals surface area contributed by atoms with Crippen LogP contribution in [-0.4, -0.2) is 17.8 Å². The highest BCUT2D eigenvalue weighted by Gasteiger charge is 2.26. The minimum Gasteiger partial charge on any atom is -0.249 e. The molecule has 1 heterocycles. The first-order valence-electron chi connectivity index (χ1n) is 5.11. The van der Waals surface area contributed by atoms with Gasteiger partial charge in [0.15, 0.2) is 0 Å². The maximum absolute atomic E-state index is 12.0. The van der Waals surface area contributed by atoms with Crippen molar-refractivity contribution in [3.8, 4) is 0 Å². The monoisotopic (exact) mass is 211 g/mol. The SMILES string of the molecule is [B]C(C)C1=C(C(C)C)S(=N)(=O)CCC1. The minimum absolute atomic E-state index is 0.0566. The zero-order valence-electron chi connectivity index (χ0n) is 9.17. The maximum atomic E-state index is 12.0. The van der Waals surface area contributed by atoms with Crippen LogP contribution >= 0.6 is 0 Å². The van der Waals surface area contributed by atoms with Gasteiger partial charge in [0.1, 0.15) is 0 Å². The third-order valence-corrected chi connectivity index (χ3v) is 4.93. The van der Waals surface area contributed by atoms with Crippen LogP contribution in [0.25, 0.3) is 0 Å². The van der Waals surface area contributed by atoms with Gasteiger partial charge in [0.2, 0.25) is 0 Å². The molecule has 2 radical (unpaired) electrons. The summed E-state index contributed by atoms with van der Waals surface area (Å²) in [5.74, 6) is 0.636. The van der Waals surface area contributed by atoms with Crippen molar-refractivity contribution in [2.45, 2.75) is 39.4 Å². The molecule has 0 amide bonds. The number of hydrogen-bond acceptors (Lipinski definition) is 2. The standard InChI is InChI=1S/C10H18BNOS/c1-7(2)10-9(8(3)11)5-4-6-14(10,12)13/h7-8,12H,4-6H2,1-3H3. The van der Waals surface area contributed by atoms with Crippen LogP contribution in [0.1, 0.15) is 33.6 Å². The summed E-state index contributed by atoms with van der Waals surface area (Å²) in [4.78, 5) is 0.818. The summed E-state index contributed by atoms with van der Waals surface area (Å²) in [5, 5.41) is 0. The maximum Gasteiger partial charge on any atom is 0.0755 e. The van der Waals surface area contributed by atoms with Gasteiger partial charge in [-0.25, -0.2) is 8.99 Å². The lowest BCUT2D eigenvalue weighted by atomic mass is 9.79. The predicted octanol–water partition coefficient (Wildman–Crippen LogP) is 2.71. The largest absolute Gasteiger partial charge is 0.249 e. The molecule has 0 aliphatic carbocycles. The Hall–Kier alpha value is -0.245. The Morgan fingerprint density at radius 3 is 2.36 bits per heavy atom. The first kappa shape index (κ1) is 11.8. The lowest BCUT2D eigenvalue weighted by Gasteiger charge is -2.27. The lowest BCUT2D eigenvalue weighted by molar-refractivity contribution is 0.655. The van der Waals surface area contributed by atoms with Crippen LogP contribution in [0.4, 0.5) is 0 Å². The van der Waals surface area contributed by atoms with E-state index in [1.54, 1.807) is 0 Å². The van der Waals surface area contributed by atoms with Crippen LogP contribution in [0.2, 0.25) is 5.82 Å². The third-order valence-electron chi connectivity index (χ3n) is 2.62. The zero-order valence-corrected chi connectivity index (χ0v) is 9.99. The molecule has 0 aromatic heterocycles. The van der Waals surface area contributed by atoms with E-state index in [2.05, 4.69) is 0 Å². The minimum atomic E-state index is -2.52. The second-order valence-electron chi connectivity index (χ2n) is 4.32.